The number of non-ortho nitro benzene ring substituents is 1. The molecular weight excluding hydrogens is 336 g/mol. The van der Waals surface area contributed by atoms with Crippen LogP contribution in [0.4, 0.5) is 11.4 Å². The number of nitro benzene ring substituents is 1. The SMILES string of the molecule is O=[N+]([O-])c1ccc2c(c1)CCCN2CCc1ccc(-c2ccccc2)cc1. The molecule has 4 heteroatoms. The zero-order chi connectivity index (χ0) is 18.6. The maximum Gasteiger partial charge on any atom is 0.269 e. The van der Waals surface area contributed by atoms with Gasteiger partial charge in [0, 0.05) is 30.9 Å². The first-order valence-electron chi connectivity index (χ1n) is 9.37. The number of benzene rings is 3. The molecule has 4 nitrogen and oxygen atoms in total. The molecule has 0 amide bonds. The fourth-order valence-electron chi connectivity index (χ4n) is 3.77. The lowest BCUT2D eigenvalue weighted by Crippen LogP contribution is -2.31. The molecule has 27 heavy (non-hydrogen) atoms. The van der Waals surface area contributed by atoms with Crippen molar-refractivity contribution in [2.24, 2.45) is 0 Å². The lowest BCUT2D eigenvalue weighted by Gasteiger charge is -2.31. The van der Waals surface area contributed by atoms with Gasteiger partial charge in [0.2, 0.25) is 0 Å². The fourth-order valence-corrected chi connectivity index (χ4v) is 3.77. The van der Waals surface area contributed by atoms with E-state index in [0.29, 0.717) is 0 Å². The maximum atomic E-state index is 11.0. The van der Waals surface area contributed by atoms with Crippen molar-refractivity contribution in [2.75, 3.05) is 18.0 Å². The van der Waals surface area contributed by atoms with Crippen LogP contribution in [0.25, 0.3) is 11.1 Å². The van der Waals surface area contributed by atoms with Gasteiger partial charge in [-0.05, 0) is 47.6 Å². The standard InChI is InChI=1S/C23H22N2O2/c26-25(27)22-12-13-23-21(17-22)7-4-15-24(23)16-14-18-8-10-20(11-9-18)19-5-2-1-3-6-19/h1-3,5-6,8-13,17H,4,7,14-16H2. The normalized spacial score (nSPS) is 13.3. The van der Waals surface area contributed by atoms with Crippen LogP contribution in [-0.2, 0) is 12.8 Å². The van der Waals surface area contributed by atoms with Crippen molar-refractivity contribution < 1.29 is 4.92 Å². The van der Waals surface area contributed by atoms with E-state index in [4.69, 9.17) is 0 Å². The second-order valence-electron chi connectivity index (χ2n) is 6.97. The zero-order valence-corrected chi connectivity index (χ0v) is 15.2. The summed E-state index contributed by atoms with van der Waals surface area (Å²) in [7, 11) is 0. The Morgan fingerprint density at radius 1 is 0.926 bits per heavy atom. The van der Waals surface area contributed by atoms with Crippen molar-refractivity contribution in [1.82, 2.24) is 0 Å². The number of nitrogens with zero attached hydrogens (tertiary/aromatic N) is 2. The Bertz CT molecular complexity index is 936. The zero-order valence-electron chi connectivity index (χ0n) is 15.2. The molecule has 1 heterocycles. The lowest BCUT2D eigenvalue weighted by molar-refractivity contribution is -0.384. The first-order valence-corrected chi connectivity index (χ1v) is 9.37. The fraction of sp³-hybridized carbons (Fsp3) is 0.217. The van der Waals surface area contributed by atoms with Gasteiger partial charge in [0.05, 0.1) is 4.92 Å². The van der Waals surface area contributed by atoms with E-state index < -0.39 is 0 Å². The van der Waals surface area contributed by atoms with Crippen molar-refractivity contribution in [1.29, 1.82) is 0 Å². The third kappa shape index (κ3) is 3.85. The van der Waals surface area contributed by atoms with E-state index in [-0.39, 0.29) is 10.6 Å². The highest BCUT2D eigenvalue weighted by Crippen LogP contribution is 2.30. The van der Waals surface area contributed by atoms with E-state index in [1.54, 1.807) is 12.1 Å². The number of rotatable bonds is 5. The summed E-state index contributed by atoms with van der Waals surface area (Å²) >= 11 is 0. The second-order valence-corrected chi connectivity index (χ2v) is 6.97. The number of aryl methyl sites for hydroxylation is 1. The van der Waals surface area contributed by atoms with E-state index in [2.05, 4.69) is 53.4 Å². The molecule has 0 fully saturated rings. The van der Waals surface area contributed by atoms with Gasteiger partial charge in [-0.15, -0.1) is 0 Å². The molecule has 1 aliphatic rings. The van der Waals surface area contributed by atoms with E-state index >= 15 is 0 Å². The van der Waals surface area contributed by atoms with Gasteiger partial charge >= 0.3 is 0 Å². The number of fused-ring (bicyclic) bond motifs is 1. The van der Waals surface area contributed by atoms with E-state index in [1.807, 2.05) is 12.1 Å². The summed E-state index contributed by atoms with van der Waals surface area (Å²) in [5.74, 6) is 0. The topological polar surface area (TPSA) is 46.4 Å². The summed E-state index contributed by atoms with van der Waals surface area (Å²) in [4.78, 5) is 13.0. The number of anilines is 1. The minimum absolute atomic E-state index is 0.187. The molecule has 0 N–H and O–H groups in total. The summed E-state index contributed by atoms with van der Waals surface area (Å²) in [6.45, 7) is 1.93. The average molecular weight is 358 g/mol. The highest BCUT2D eigenvalue weighted by molar-refractivity contribution is 5.63. The van der Waals surface area contributed by atoms with Crippen LogP contribution >= 0.6 is 0 Å². The molecule has 0 radical (unpaired) electrons. The monoisotopic (exact) mass is 358 g/mol. The van der Waals surface area contributed by atoms with Crippen LogP contribution in [-0.4, -0.2) is 18.0 Å². The largest absolute Gasteiger partial charge is 0.371 e. The molecule has 4 rings (SSSR count). The first kappa shape index (κ1) is 17.3. The highest BCUT2D eigenvalue weighted by Gasteiger charge is 2.19. The van der Waals surface area contributed by atoms with Crippen LogP contribution in [0.1, 0.15) is 17.5 Å². The molecule has 136 valence electrons. The third-order valence-electron chi connectivity index (χ3n) is 5.22. The summed E-state index contributed by atoms with van der Waals surface area (Å²) in [5, 5.41) is 11.0. The summed E-state index contributed by atoms with van der Waals surface area (Å²) < 4.78 is 0. The summed E-state index contributed by atoms with van der Waals surface area (Å²) in [6, 6.07) is 24.4. The Morgan fingerprint density at radius 2 is 1.67 bits per heavy atom. The smallest absolute Gasteiger partial charge is 0.269 e. The van der Waals surface area contributed by atoms with Crippen LogP contribution < -0.4 is 4.90 Å². The van der Waals surface area contributed by atoms with Gasteiger partial charge in [-0.25, -0.2) is 0 Å². The molecule has 0 aromatic heterocycles. The molecule has 0 unspecified atom stereocenters. The van der Waals surface area contributed by atoms with Gasteiger partial charge in [-0.2, -0.15) is 0 Å². The second kappa shape index (κ2) is 7.62. The molecule has 0 saturated heterocycles. The molecule has 1 aliphatic heterocycles. The molecule has 3 aromatic rings. The van der Waals surface area contributed by atoms with Gasteiger partial charge in [0.1, 0.15) is 0 Å². The van der Waals surface area contributed by atoms with Crippen molar-refractivity contribution in [3.63, 3.8) is 0 Å². The minimum Gasteiger partial charge on any atom is -0.371 e. The van der Waals surface area contributed by atoms with E-state index in [1.165, 1.54) is 16.7 Å². The van der Waals surface area contributed by atoms with Gasteiger partial charge in [0.15, 0.2) is 0 Å². The van der Waals surface area contributed by atoms with Gasteiger partial charge < -0.3 is 4.90 Å². The molecule has 0 bridgehead atoms. The number of hydrogen-bond acceptors (Lipinski definition) is 3. The first-order chi connectivity index (χ1) is 13.2. The van der Waals surface area contributed by atoms with Crippen molar-refractivity contribution >= 4 is 11.4 Å². The van der Waals surface area contributed by atoms with Crippen LogP contribution in [0.5, 0.6) is 0 Å². The van der Waals surface area contributed by atoms with Crippen LogP contribution in [0, 0.1) is 10.1 Å². The number of nitro groups is 1. The molecule has 0 atom stereocenters. The van der Waals surface area contributed by atoms with Gasteiger partial charge in [-0.1, -0.05) is 54.6 Å². The summed E-state index contributed by atoms with van der Waals surface area (Å²) in [6.07, 6.45) is 2.92. The highest BCUT2D eigenvalue weighted by atomic mass is 16.6. The van der Waals surface area contributed by atoms with E-state index in [0.717, 1.165) is 43.6 Å². The molecule has 0 saturated carbocycles. The predicted molar refractivity (Wildman–Crippen MR) is 109 cm³/mol. The van der Waals surface area contributed by atoms with Crippen molar-refractivity contribution in [2.45, 2.75) is 19.3 Å². The van der Waals surface area contributed by atoms with Crippen molar-refractivity contribution in [3.8, 4) is 11.1 Å². The minimum atomic E-state index is -0.312. The molecule has 0 spiro atoms. The van der Waals surface area contributed by atoms with Crippen LogP contribution in [0.3, 0.4) is 0 Å². The van der Waals surface area contributed by atoms with E-state index in [9.17, 15) is 10.1 Å². The third-order valence-corrected chi connectivity index (χ3v) is 5.22. The van der Waals surface area contributed by atoms with Crippen molar-refractivity contribution in [3.05, 3.63) is 94.0 Å². The molecule has 0 aliphatic carbocycles. The maximum absolute atomic E-state index is 11.0. The predicted octanol–water partition coefficient (Wildman–Crippen LogP) is 5.26. The van der Waals surface area contributed by atoms with Gasteiger partial charge in [-0.3, -0.25) is 10.1 Å². The average Bonchev–Trinajstić information content (AvgIpc) is 2.72. The number of hydrogen-bond donors (Lipinski definition) is 0. The Labute approximate surface area is 159 Å². The molecular formula is C23H22N2O2. The Hall–Kier alpha value is -3.14. The quantitative estimate of drug-likeness (QED) is 0.462. The Balaban J connectivity index is 1.45. The summed E-state index contributed by atoms with van der Waals surface area (Å²) in [5.41, 5.74) is 6.20. The van der Waals surface area contributed by atoms with Crippen LogP contribution in [0.15, 0.2) is 72.8 Å². The Morgan fingerprint density at radius 3 is 2.41 bits per heavy atom. The molecule has 3 aromatic carbocycles. The van der Waals surface area contributed by atoms with Gasteiger partial charge in [0.25, 0.3) is 5.69 Å². The van der Waals surface area contributed by atoms with Crippen LogP contribution in [0.2, 0.25) is 0 Å². The Kier molecular flexibility index (Phi) is 4.88. The lowest BCUT2D eigenvalue weighted by atomic mass is 9.99.